The van der Waals surface area contributed by atoms with Gasteiger partial charge in [0.05, 0.1) is 10.5 Å². The zero-order valence-electron chi connectivity index (χ0n) is 12.6. The maximum Gasteiger partial charge on any atom is 0.267 e. The van der Waals surface area contributed by atoms with E-state index in [1.54, 1.807) is 31.5 Å². The predicted octanol–water partition coefficient (Wildman–Crippen LogP) is 1.96. The Bertz CT molecular complexity index is 904. The van der Waals surface area contributed by atoms with Gasteiger partial charge >= 0.3 is 0 Å². The predicted molar refractivity (Wildman–Crippen MR) is 96.6 cm³/mol. The molecule has 2 aromatic rings. The van der Waals surface area contributed by atoms with Crippen LogP contribution in [0, 0.1) is 0 Å². The highest BCUT2D eigenvalue weighted by molar-refractivity contribution is 8.26. The summed E-state index contributed by atoms with van der Waals surface area (Å²) in [6.07, 6.45) is 3.22. The highest BCUT2D eigenvalue weighted by atomic mass is 32.2. The van der Waals surface area contributed by atoms with E-state index in [-0.39, 0.29) is 11.5 Å². The van der Waals surface area contributed by atoms with E-state index in [2.05, 4.69) is 10.3 Å². The van der Waals surface area contributed by atoms with Gasteiger partial charge in [-0.25, -0.2) is 4.98 Å². The van der Waals surface area contributed by atoms with Gasteiger partial charge in [-0.05, 0) is 25.1 Å². The monoisotopic (exact) mass is 346 g/mol. The van der Waals surface area contributed by atoms with Crippen molar-refractivity contribution in [1.29, 1.82) is 0 Å². The number of anilines is 1. The average molecular weight is 346 g/mol. The van der Waals surface area contributed by atoms with Crippen molar-refractivity contribution in [2.75, 3.05) is 18.9 Å². The number of carbonyl (C=O) groups is 1. The van der Waals surface area contributed by atoms with Crippen molar-refractivity contribution in [1.82, 2.24) is 14.3 Å². The van der Waals surface area contributed by atoms with Crippen molar-refractivity contribution in [3.05, 3.63) is 45.2 Å². The van der Waals surface area contributed by atoms with Crippen LogP contribution in [0.5, 0.6) is 0 Å². The maximum atomic E-state index is 12.8. The van der Waals surface area contributed by atoms with Crippen LogP contribution in [0.3, 0.4) is 0 Å². The molecule has 1 aliphatic rings. The highest BCUT2D eigenvalue weighted by Crippen LogP contribution is 2.31. The Hall–Kier alpha value is -2.19. The number of amides is 1. The van der Waals surface area contributed by atoms with E-state index in [0.717, 1.165) is 0 Å². The number of aromatic nitrogens is 2. The molecule has 3 rings (SSSR count). The lowest BCUT2D eigenvalue weighted by molar-refractivity contribution is -0.121. The fourth-order valence-corrected chi connectivity index (χ4v) is 3.37. The number of likely N-dealkylation sites (N-methyl/N-ethyl adjacent to an activating group) is 1. The first-order valence-electron chi connectivity index (χ1n) is 6.99. The molecule has 0 aromatic carbocycles. The minimum Gasteiger partial charge on any atom is -0.370 e. The Balaban J connectivity index is 2.22. The molecular weight excluding hydrogens is 332 g/mol. The van der Waals surface area contributed by atoms with E-state index in [0.29, 0.717) is 32.8 Å². The van der Waals surface area contributed by atoms with E-state index in [4.69, 9.17) is 12.2 Å². The second kappa shape index (κ2) is 6.13. The molecule has 0 unspecified atom stereocenters. The van der Waals surface area contributed by atoms with Crippen molar-refractivity contribution >= 4 is 51.7 Å². The Morgan fingerprint density at radius 2 is 2.17 bits per heavy atom. The highest BCUT2D eigenvalue weighted by Gasteiger charge is 2.29. The molecule has 0 aliphatic carbocycles. The number of rotatable bonds is 3. The van der Waals surface area contributed by atoms with Crippen LogP contribution in [0.25, 0.3) is 11.7 Å². The summed E-state index contributed by atoms with van der Waals surface area (Å²) in [5.74, 6) is 0.255. The van der Waals surface area contributed by atoms with Crippen molar-refractivity contribution in [2.24, 2.45) is 0 Å². The van der Waals surface area contributed by atoms with Crippen LogP contribution >= 0.6 is 24.0 Å². The lowest BCUT2D eigenvalue weighted by Gasteiger charge is -2.09. The topological polar surface area (TPSA) is 66.7 Å². The molecule has 3 heterocycles. The van der Waals surface area contributed by atoms with E-state index in [9.17, 15) is 9.59 Å². The van der Waals surface area contributed by atoms with Gasteiger partial charge in [-0.15, -0.1) is 0 Å². The van der Waals surface area contributed by atoms with Gasteiger partial charge in [0.25, 0.3) is 11.5 Å². The van der Waals surface area contributed by atoms with Crippen LogP contribution in [-0.4, -0.2) is 38.1 Å². The van der Waals surface area contributed by atoms with Gasteiger partial charge in [0, 0.05) is 19.8 Å². The summed E-state index contributed by atoms with van der Waals surface area (Å²) < 4.78 is 1.93. The lowest BCUT2D eigenvalue weighted by atomic mass is 10.2. The van der Waals surface area contributed by atoms with Gasteiger partial charge in [0.1, 0.15) is 15.8 Å². The lowest BCUT2D eigenvalue weighted by Crippen LogP contribution is -2.23. The van der Waals surface area contributed by atoms with Gasteiger partial charge in [-0.1, -0.05) is 30.0 Å². The fraction of sp³-hybridized carbons (Fsp3) is 0.200. The van der Waals surface area contributed by atoms with Crippen LogP contribution < -0.4 is 10.9 Å². The van der Waals surface area contributed by atoms with Crippen LogP contribution in [0.2, 0.25) is 0 Å². The Kier molecular flexibility index (Phi) is 4.18. The first-order chi connectivity index (χ1) is 11.0. The summed E-state index contributed by atoms with van der Waals surface area (Å²) in [5, 5.41) is 3.08. The van der Waals surface area contributed by atoms with Crippen LogP contribution in [-0.2, 0) is 4.79 Å². The molecule has 1 fully saturated rings. The molecule has 118 valence electrons. The zero-order chi connectivity index (χ0) is 16.6. The molecule has 2 aromatic heterocycles. The van der Waals surface area contributed by atoms with E-state index < -0.39 is 0 Å². The van der Waals surface area contributed by atoms with Gasteiger partial charge in [-0.3, -0.25) is 18.9 Å². The molecule has 1 N–H and O–H groups in total. The second-order valence-electron chi connectivity index (χ2n) is 4.88. The van der Waals surface area contributed by atoms with Gasteiger partial charge in [0.2, 0.25) is 0 Å². The summed E-state index contributed by atoms with van der Waals surface area (Å²) in [6, 6.07) is 5.34. The number of hydrogen-bond donors (Lipinski definition) is 1. The second-order valence-corrected chi connectivity index (χ2v) is 6.55. The third-order valence-electron chi connectivity index (χ3n) is 3.38. The molecule has 6 nitrogen and oxygen atoms in total. The van der Waals surface area contributed by atoms with Gasteiger partial charge < -0.3 is 5.32 Å². The van der Waals surface area contributed by atoms with Crippen molar-refractivity contribution in [3.8, 4) is 0 Å². The Morgan fingerprint density at radius 3 is 2.83 bits per heavy atom. The Morgan fingerprint density at radius 1 is 1.39 bits per heavy atom. The first kappa shape index (κ1) is 15.7. The van der Waals surface area contributed by atoms with Gasteiger partial charge in [0.15, 0.2) is 0 Å². The number of hydrogen-bond acceptors (Lipinski definition) is 6. The van der Waals surface area contributed by atoms with E-state index in [1.807, 2.05) is 13.0 Å². The summed E-state index contributed by atoms with van der Waals surface area (Å²) in [5.41, 5.74) is 0.672. The molecule has 1 aliphatic heterocycles. The largest absolute Gasteiger partial charge is 0.370 e. The molecule has 0 spiro atoms. The SMILES string of the molecule is CCNc1nc2ccccn2c(=O)c1/C=C1/SC(=S)N(C)C1=O. The van der Waals surface area contributed by atoms with Gasteiger partial charge in [-0.2, -0.15) is 0 Å². The molecule has 1 amide bonds. The summed E-state index contributed by atoms with van der Waals surface area (Å²) >= 11 is 6.30. The number of thioether (sulfide) groups is 1. The number of carbonyl (C=O) groups excluding carboxylic acids is 1. The molecule has 8 heteroatoms. The molecule has 0 saturated carbocycles. The van der Waals surface area contributed by atoms with E-state index >= 15 is 0 Å². The van der Waals surface area contributed by atoms with Crippen LogP contribution in [0.4, 0.5) is 5.82 Å². The third-order valence-corrected chi connectivity index (χ3v) is 4.86. The Labute approximate surface area is 142 Å². The quantitative estimate of drug-likeness (QED) is 0.677. The fourth-order valence-electron chi connectivity index (χ4n) is 2.21. The summed E-state index contributed by atoms with van der Waals surface area (Å²) in [4.78, 5) is 31.2. The number of fused-ring (bicyclic) bond motifs is 1. The smallest absolute Gasteiger partial charge is 0.267 e. The molecular formula is C15H14N4O2S2. The first-order valence-corrected chi connectivity index (χ1v) is 8.22. The number of nitrogens with zero attached hydrogens (tertiary/aromatic N) is 3. The molecule has 1 saturated heterocycles. The van der Waals surface area contributed by atoms with Crippen molar-refractivity contribution < 1.29 is 4.79 Å². The molecule has 0 atom stereocenters. The molecule has 23 heavy (non-hydrogen) atoms. The number of thiocarbonyl (C=S) groups is 1. The number of pyridine rings is 1. The van der Waals surface area contributed by atoms with Crippen molar-refractivity contribution in [3.63, 3.8) is 0 Å². The minimum absolute atomic E-state index is 0.208. The van der Waals surface area contributed by atoms with E-state index in [1.165, 1.54) is 21.1 Å². The molecule has 0 bridgehead atoms. The molecule has 0 radical (unpaired) electrons. The summed E-state index contributed by atoms with van der Waals surface area (Å²) in [6.45, 7) is 2.54. The van der Waals surface area contributed by atoms with Crippen LogP contribution in [0.1, 0.15) is 12.5 Å². The number of nitrogens with one attached hydrogen (secondary N) is 1. The standard InChI is InChI=1S/C15H14N4O2S2/c1-3-16-12-9(8-10-14(21)18(2)15(22)23-10)13(20)19-7-5-4-6-11(19)17-12/h4-8,16H,3H2,1-2H3/b10-8+. The van der Waals surface area contributed by atoms with Crippen LogP contribution in [0.15, 0.2) is 34.1 Å². The van der Waals surface area contributed by atoms with Crippen molar-refractivity contribution in [2.45, 2.75) is 6.92 Å². The minimum atomic E-state index is -0.229. The normalized spacial score (nSPS) is 16.6. The third kappa shape index (κ3) is 2.75. The zero-order valence-corrected chi connectivity index (χ0v) is 14.2. The summed E-state index contributed by atoms with van der Waals surface area (Å²) in [7, 11) is 1.62. The maximum absolute atomic E-state index is 12.8. The average Bonchev–Trinajstić information content (AvgIpc) is 2.78.